The van der Waals surface area contributed by atoms with Crippen LogP contribution in [0.5, 0.6) is 0 Å². The molecule has 0 amide bonds. The van der Waals surface area contributed by atoms with Crippen LogP contribution in [0.1, 0.15) is 13.8 Å². The highest BCUT2D eigenvalue weighted by molar-refractivity contribution is 5.29. The second-order valence-corrected chi connectivity index (χ2v) is 4.56. The molecular formula is C10H20N4. The number of imidazole rings is 1. The van der Waals surface area contributed by atoms with Crippen LogP contribution in [0.25, 0.3) is 0 Å². The summed E-state index contributed by atoms with van der Waals surface area (Å²) in [5, 5.41) is 0. The molecule has 0 atom stereocenters. The van der Waals surface area contributed by atoms with E-state index in [0.29, 0.717) is 6.54 Å². The zero-order valence-electron chi connectivity index (χ0n) is 9.49. The lowest BCUT2D eigenvalue weighted by molar-refractivity contribution is 0.382. The van der Waals surface area contributed by atoms with Gasteiger partial charge in [-0.3, -0.25) is 0 Å². The summed E-state index contributed by atoms with van der Waals surface area (Å²) in [6.45, 7) is 5.91. The van der Waals surface area contributed by atoms with Crippen LogP contribution in [0.2, 0.25) is 0 Å². The van der Waals surface area contributed by atoms with Crippen molar-refractivity contribution in [2.45, 2.75) is 13.8 Å². The second kappa shape index (κ2) is 4.00. The molecule has 2 N–H and O–H groups in total. The molecule has 0 aliphatic carbocycles. The SMILES string of the molecule is CN(CC(C)(C)CN)c1nccn1C. The van der Waals surface area contributed by atoms with Crippen LogP contribution in [-0.4, -0.2) is 29.7 Å². The Labute approximate surface area is 85.7 Å². The van der Waals surface area contributed by atoms with Crippen molar-refractivity contribution >= 4 is 5.95 Å². The van der Waals surface area contributed by atoms with Crippen molar-refractivity contribution < 1.29 is 0 Å². The van der Waals surface area contributed by atoms with E-state index in [1.807, 2.05) is 24.9 Å². The molecule has 1 rings (SSSR count). The summed E-state index contributed by atoms with van der Waals surface area (Å²) in [4.78, 5) is 6.41. The predicted molar refractivity (Wildman–Crippen MR) is 59.3 cm³/mol. The van der Waals surface area contributed by atoms with Gasteiger partial charge in [-0.15, -0.1) is 0 Å². The van der Waals surface area contributed by atoms with E-state index in [1.54, 1.807) is 6.20 Å². The van der Waals surface area contributed by atoms with Crippen LogP contribution >= 0.6 is 0 Å². The largest absolute Gasteiger partial charge is 0.345 e. The Bertz CT molecular complexity index is 290. The van der Waals surface area contributed by atoms with E-state index >= 15 is 0 Å². The summed E-state index contributed by atoms with van der Waals surface area (Å²) in [6, 6.07) is 0. The maximum absolute atomic E-state index is 5.69. The number of aryl methyl sites for hydroxylation is 1. The molecule has 1 heterocycles. The zero-order valence-corrected chi connectivity index (χ0v) is 9.49. The number of hydrogen-bond donors (Lipinski definition) is 1. The van der Waals surface area contributed by atoms with Gasteiger partial charge in [0.05, 0.1) is 0 Å². The molecule has 0 spiro atoms. The average Bonchev–Trinajstić information content (AvgIpc) is 2.51. The molecule has 14 heavy (non-hydrogen) atoms. The smallest absolute Gasteiger partial charge is 0.204 e. The van der Waals surface area contributed by atoms with Gasteiger partial charge in [0.15, 0.2) is 0 Å². The number of rotatable bonds is 4. The third-order valence-corrected chi connectivity index (χ3v) is 2.35. The Balaban J connectivity index is 2.68. The van der Waals surface area contributed by atoms with Gasteiger partial charge in [0.1, 0.15) is 0 Å². The van der Waals surface area contributed by atoms with E-state index in [-0.39, 0.29) is 5.41 Å². The fraction of sp³-hybridized carbons (Fsp3) is 0.700. The summed E-state index contributed by atoms with van der Waals surface area (Å²) >= 11 is 0. The molecule has 4 heteroatoms. The van der Waals surface area contributed by atoms with Crippen molar-refractivity contribution in [1.29, 1.82) is 0 Å². The first-order valence-corrected chi connectivity index (χ1v) is 4.85. The highest BCUT2D eigenvalue weighted by Crippen LogP contribution is 2.17. The summed E-state index contributed by atoms with van der Waals surface area (Å²) in [5.41, 5.74) is 5.82. The summed E-state index contributed by atoms with van der Waals surface area (Å²) in [7, 11) is 4.04. The van der Waals surface area contributed by atoms with Gasteiger partial charge in [-0.1, -0.05) is 13.8 Å². The molecule has 0 unspecified atom stereocenters. The van der Waals surface area contributed by atoms with Crippen molar-refractivity contribution in [3.8, 4) is 0 Å². The molecule has 1 aromatic rings. The van der Waals surface area contributed by atoms with Crippen LogP contribution in [-0.2, 0) is 7.05 Å². The number of anilines is 1. The molecule has 0 saturated carbocycles. The first kappa shape index (κ1) is 11.0. The number of nitrogens with two attached hydrogens (primary N) is 1. The number of hydrogen-bond acceptors (Lipinski definition) is 3. The van der Waals surface area contributed by atoms with E-state index in [0.717, 1.165) is 12.5 Å². The average molecular weight is 196 g/mol. The van der Waals surface area contributed by atoms with Gasteiger partial charge in [0.25, 0.3) is 0 Å². The minimum atomic E-state index is 0.126. The molecule has 0 aliphatic rings. The zero-order chi connectivity index (χ0) is 10.8. The van der Waals surface area contributed by atoms with E-state index in [2.05, 4.69) is 23.7 Å². The number of aromatic nitrogens is 2. The Morgan fingerprint density at radius 1 is 1.57 bits per heavy atom. The Hall–Kier alpha value is -1.03. The van der Waals surface area contributed by atoms with E-state index in [9.17, 15) is 0 Å². The summed E-state index contributed by atoms with van der Waals surface area (Å²) in [5.74, 6) is 0.978. The number of nitrogens with zero attached hydrogens (tertiary/aromatic N) is 3. The van der Waals surface area contributed by atoms with Crippen LogP contribution in [0.4, 0.5) is 5.95 Å². The molecule has 1 aromatic heterocycles. The summed E-state index contributed by atoms with van der Waals surface area (Å²) < 4.78 is 2.01. The maximum atomic E-state index is 5.69. The van der Waals surface area contributed by atoms with E-state index < -0.39 is 0 Å². The molecule has 0 aliphatic heterocycles. The van der Waals surface area contributed by atoms with Gasteiger partial charge in [0.2, 0.25) is 5.95 Å². The van der Waals surface area contributed by atoms with Crippen molar-refractivity contribution in [3.05, 3.63) is 12.4 Å². The lowest BCUT2D eigenvalue weighted by Crippen LogP contribution is -2.37. The molecule has 0 radical (unpaired) electrons. The molecule has 0 saturated heterocycles. The molecule has 0 aromatic carbocycles. The van der Waals surface area contributed by atoms with Gasteiger partial charge < -0.3 is 15.2 Å². The molecule has 0 fully saturated rings. The third-order valence-electron chi connectivity index (χ3n) is 2.35. The Kier molecular flexibility index (Phi) is 3.16. The highest BCUT2D eigenvalue weighted by Gasteiger charge is 2.19. The van der Waals surface area contributed by atoms with Crippen molar-refractivity contribution in [1.82, 2.24) is 9.55 Å². The van der Waals surface area contributed by atoms with E-state index in [4.69, 9.17) is 5.73 Å². The molecule has 4 nitrogen and oxygen atoms in total. The minimum absolute atomic E-state index is 0.126. The monoisotopic (exact) mass is 196 g/mol. The highest BCUT2D eigenvalue weighted by atomic mass is 15.3. The van der Waals surface area contributed by atoms with Crippen LogP contribution < -0.4 is 10.6 Å². The topological polar surface area (TPSA) is 47.1 Å². The van der Waals surface area contributed by atoms with Gasteiger partial charge >= 0.3 is 0 Å². The lowest BCUT2D eigenvalue weighted by atomic mass is 9.93. The quantitative estimate of drug-likeness (QED) is 0.776. The van der Waals surface area contributed by atoms with Crippen molar-refractivity contribution in [2.24, 2.45) is 18.2 Å². The standard InChI is InChI=1S/C10H20N4/c1-10(2,7-11)8-14(4)9-12-5-6-13(9)3/h5-6H,7-8,11H2,1-4H3. The van der Waals surface area contributed by atoms with Gasteiger partial charge in [-0.2, -0.15) is 0 Å². The second-order valence-electron chi connectivity index (χ2n) is 4.56. The van der Waals surface area contributed by atoms with Gasteiger partial charge in [-0.25, -0.2) is 4.98 Å². The Morgan fingerprint density at radius 3 is 2.64 bits per heavy atom. The predicted octanol–water partition coefficient (Wildman–Crippen LogP) is 0.841. The Morgan fingerprint density at radius 2 is 2.21 bits per heavy atom. The molecule has 0 bridgehead atoms. The molecular weight excluding hydrogens is 176 g/mol. The van der Waals surface area contributed by atoms with Crippen LogP contribution in [0.15, 0.2) is 12.4 Å². The first-order chi connectivity index (χ1) is 6.46. The van der Waals surface area contributed by atoms with E-state index in [1.165, 1.54) is 0 Å². The lowest BCUT2D eigenvalue weighted by Gasteiger charge is -2.29. The summed E-state index contributed by atoms with van der Waals surface area (Å²) in [6.07, 6.45) is 3.75. The minimum Gasteiger partial charge on any atom is -0.345 e. The van der Waals surface area contributed by atoms with Crippen molar-refractivity contribution in [3.63, 3.8) is 0 Å². The maximum Gasteiger partial charge on any atom is 0.204 e. The van der Waals surface area contributed by atoms with Gasteiger partial charge in [0, 0.05) is 33.0 Å². The van der Waals surface area contributed by atoms with Crippen LogP contribution in [0.3, 0.4) is 0 Å². The fourth-order valence-electron chi connectivity index (χ4n) is 1.50. The molecule has 80 valence electrons. The third kappa shape index (κ3) is 2.48. The van der Waals surface area contributed by atoms with Crippen LogP contribution in [0, 0.1) is 5.41 Å². The normalized spacial score (nSPS) is 11.8. The van der Waals surface area contributed by atoms with Gasteiger partial charge in [-0.05, 0) is 12.0 Å². The first-order valence-electron chi connectivity index (χ1n) is 4.85. The fourth-order valence-corrected chi connectivity index (χ4v) is 1.50. The van der Waals surface area contributed by atoms with Crippen molar-refractivity contribution in [2.75, 3.05) is 25.0 Å².